The van der Waals surface area contributed by atoms with Crippen LogP contribution in [0, 0.1) is 6.92 Å². The molecule has 0 radical (unpaired) electrons. The molecule has 1 N–H and O–H groups in total. The van der Waals surface area contributed by atoms with Crippen molar-refractivity contribution in [3.63, 3.8) is 0 Å². The van der Waals surface area contributed by atoms with Crippen molar-refractivity contribution in [1.82, 2.24) is 15.2 Å². The highest BCUT2D eigenvalue weighted by molar-refractivity contribution is 8.15. The largest absolute Gasteiger partial charge is 0.379 e. The molecule has 3 aliphatic rings. The second kappa shape index (κ2) is 8.01. The smallest absolute Gasteiger partial charge is 0.270 e. The standard InChI is InChI=1S/C20H25N5O4S/c1-13-4-5-17-16(12-13)20(25(15(3)27)22-19(30-20)21-14(2)26)18(28)24(17)7-6-23-8-10-29-11-9-23/h4-5,12H,6-11H2,1-3H3,(H,21,22,26). The molecule has 30 heavy (non-hydrogen) atoms. The van der Waals surface area contributed by atoms with Crippen molar-refractivity contribution in [2.24, 2.45) is 5.10 Å². The Labute approximate surface area is 179 Å². The van der Waals surface area contributed by atoms with Crippen LogP contribution >= 0.6 is 11.8 Å². The number of benzene rings is 1. The van der Waals surface area contributed by atoms with Gasteiger partial charge in [0.25, 0.3) is 5.91 Å². The van der Waals surface area contributed by atoms with Crippen molar-refractivity contribution in [2.75, 3.05) is 44.3 Å². The fraction of sp³-hybridized carbons (Fsp3) is 0.500. The Hall–Kier alpha value is -2.43. The van der Waals surface area contributed by atoms with Crippen LogP contribution in [0.1, 0.15) is 25.0 Å². The molecule has 10 heteroatoms. The molecule has 9 nitrogen and oxygen atoms in total. The third kappa shape index (κ3) is 3.48. The Morgan fingerprint density at radius 2 is 1.97 bits per heavy atom. The molecule has 4 rings (SSSR count). The lowest BCUT2D eigenvalue weighted by atomic mass is 10.0. The average Bonchev–Trinajstić information content (AvgIpc) is 3.18. The maximum atomic E-state index is 13.8. The molecule has 0 aromatic heterocycles. The number of anilines is 1. The summed E-state index contributed by atoms with van der Waals surface area (Å²) < 4.78 is 5.40. The minimum Gasteiger partial charge on any atom is -0.379 e. The summed E-state index contributed by atoms with van der Waals surface area (Å²) in [4.78, 5) is 40.5. The number of carbonyl (C=O) groups is 3. The van der Waals surface area contributed by atoms with E-state index in [0.717, 1.165) is 41.7 Å². The summed E-state index contributed by atoms with van der Waals surface area (Å²) in [6.07, 6.45) is 0. The molecule has 1 fully saturated rings. The van der Waals surface area contributed by atoms with Crippen LogP contribution in [0.15, 0.2) is 23.3 Å². The van der Waals surface area contributed by atoms with Gasteiger partial charge in [-0.25, -0.2) is 0 Å². The molecule has 160 valence electrons. The SMILES string of the molecule is CC(=O)NC1=NN(C(C)=O)C2(S1)C(=O)N(CCN1CCOCC1)c1ccc(C)cc12. The van der Waals surface area contributed by atoms with Gasteiger partial charge < -0.3 is 15.0 Å². The number of hydrazone groups is 1. The van der Waals surface area contributed by atoms with Crippen LogP contribution in [0.4, 0.5) is 5.69 Å². The van der Waals surface area contributed by atoms with Crippen LogP contribution in [-0.2, 0) is 24.0 Å². The second-order valence-corrected chi connectivity index (χ2v) is 8.78. The van der Waals surface area contributed by atoms with E-state index in [9.17, 15) is 14.4 Å². The molecule has 0 aliphatic carbocycles. The Morgan fingerprint density at radius 1 is 1.23 bits per heavy atom. The van der Waals surface area contributed by atoms with Gasteiger partial charge in [-0.2, -0.15) is 5.01 Å². The number of rotatable bonds is 3. The van der Waals surface area contributed by atoms with Crippen molar-refractivity contribution in [3.8, 4) is 0 Å². The Morgan fingerprint density at radius 3 is 2.63 bits per heavy atom. The number of carbonyl (C=O) groups excluding carboxylic acids is 3. The van der Waals surface area contributed by atoms with Crippen molar-refractivity contribution < 1.29 is 19.1 Å². The van der Waals surface area contributed by atoms with Crippen molar-refractivity contribution >= 4 is 40.3 Å². The first kappa shape index (κ1) is 20.8. The van der Waals surface area contributed by atoms with E-state index in [1.165, 1.54) is 18.9 Å². The number of amides is 3. The molecule has 1 unspecified atom stereocenters. The molecule has 0 saturated carbocycles. The van der Waals surface area contributed by atoms with Gasteiger partial charge in [0.05, 0.1) is 18.9 Å². The fourth-order valence-corrected chi connectivity index (χ4v) is 5.34. The molecule has 3 amide bonds. The molecule has 1 spiro atoms. The predicted molar refractivity (Wildman–Crippen MR) is 114 cm³/mol. The first-order valence-electron chi connectivity index (χ1n) is 9.92. The van der Waals surface area contributed by atoms with E-state index in [4.69, 9.17) is 4.74 Å². The average molecular weight is 432 g/mol. The molecule has 3 heterocycles. The first-order valence-corrected chi connectivity index (χ1v) is 10.7. The lowest BCUT2D eigenvalue weighted by Crippen LogP contribution is -2.50. The third-order valence-corrected chi connectivity index (χ3v) is 6.64. The zero-order valence-electron chi connectivity index (χ0n) is 17.3. The molecule has 1 saturated heterocycles. The monoisotopic (exact) mass is 431 g/mol. The Balaban J connectivity index is 1.70. The lowest BCUT2D eigenvalue weighted by molar-refractivity contribution is -0.139. The molecule has 3 aliphatic heterocycles. The Kier molecular flexibility index (Phi) is 5.56. The van der Waals surface area contributed by atoms with E-state index in [0.29, 0.717) is 26.3 Å². The number of nitrogens with zero attached hydrogens (tertiary/aromatic N) is 4. The summed E-state index contributed by atoms with van der Waals surface area (Å²) >= 11 is 1.11. The van der Waals surface area contributed by atoms with Crippen LogP contribution in [0.25, 0.3) is 0 Å². The normalized spacial score (nSPS) is 23.7. The highest BCUT2D eigenvalue weighted by Crippen LogP contribution is 2.54. The van der Waals surface area contributed by atoms with Gasteiger partial charge in [0.15, 0.2) is 5.17 Å². The van der Waals surface area contributed by atoms with Gasteiger partial charge in [-0.1, -0.05) is 17.7 Å². The number of aryl methyl sites for hydroxylation is 1. The summed E-state index contributed by atoms with van der Waals surface area (Å²) in [5.41, 5.74) is 2.48. The van der Waals surface area contributed by atoms with E-state index in [-0.39, 0.29) is 22.9 Å². The minimum absolute atomic E-state index is 0.222. The molecule has 1 atom stereocenters. The number of morpholine rings is 1. The van der Waals surface area contributed by atoms with Gasteiger partial charge in [-0.3, -0.25) is 19.3 Å². The zero-order valence-corrected chi connectivity index (χ0v) is 18.1. The fourth-order valence-electron chi connectivity index (χ4n) is 4.01. The van der Waals surface area contributed by atoms with E-state index in [1.54, 1.807) is 4.90 Å². The summed E-state index contributed by atoms with van der Waals surface area (Å²) in [5, 5.41) is 8.36. The highest BCUT2D eigenvalue weighted by Gasteiger charge is 2.61. The van der Waals surface area contributed by atoms with Crippen LogP contribution in [-0.4, -0.2) is 72.2 Å². The quantitative estimate of drug-likeness (QED) is 0.762. The van der Waals surface area contributed by atoms with Gasteiger partial charge in [-0.05, 0) is 24.8 Å². The van der Waals surface area contributed by atoms with Gasteiger partial charge in [0.1, 0.15) is 0 Å². The third-order valence-electron chi connectivity index (χ3n) is 5.40. The maximum absolute atomic E-state index is 13.8. The van der Waals surface area contributed by atoms with Crippen molar-refractivity contribution in [1.29, 1.82) is 0 Å². The van der Waals surface area contributed by atoms with Crippen LogP contribution in [0.2, 0.25) is 0 Å². The van der Waals surface area contributed by atoms with Gasteiger partial charge in [0, 0.05) is 45.6 Å². The van der Waals surface area contributed by atoms with Crippen LogP contribution < -0.4 is 10.2 Å². The predicted octanol–water partition coefficient (Wildman–Crippen LogP) is 0.829. The molecule has 0 bridgehead atoms. The lowest BCUT2D eigenvalue weighted by Gasteiger charge is -2.31. The molecule has 1 aromatic carbocycles. The summed E-state index contributed by atoms with van der Waals surface area (Å²) in [6, 6.07) is 5.81. The van der Waals surface area contributed by atoms with Crippen molar-refractivity contribution in [2.45, 2.75) is 25.6 Å². The summed E-state index contributed by atoms with van der Waals surface area (Å²) in [7, 11) is 0. The number of nitrogens with one attached hydrogen (secondary N) is 1. The van der Waals surface area contributed by atoms with E-state index in [2.05, 4.69) is 15.3 Å². The number of hydrogen-bond acceptors (Lipinski definition) is 7. The maximum Gasteiger partial charge on any atom is 0.270 e. The zero-order chi connectivity index (χ0) is 21.5. The highest BCUT2D eigenvalue weighted by atomic mass is 32.2. The second-order valence-electron chi connectivity index (χ2n) is 7.59. The summed E-state index contributed by atoms with van der Waals surface area (Å²) in [6.45, 7) is 8.95. The number of thioether (sulfide) groups is 1. The van der Waals surface area contributed by atoms with E-state index in [1.807, 2.05) is 25.1 Å². The van der Waals surface area contributed by atoms with Crippen molar-refractivity contribution in [3.05, 3.63) is 29.3 Å². The molecular weight excluding hydrogens is 406 g/mol. The van der Waals surface area contributed by atoms with Gasteiger partial charge in [0.2, 0.25) is 16.7 Å². The number of ether oxygens (including phenoxy) is 1. The number of hydrogen-bond donors (Lipinski definition) is 1. The van der Waals surface area contributed by atoms with Crippen LogP contribution in [0.5, 0.6) is 0 Å². The van der Waals surface area contributed by atoms with Crippen LogP contribution in [0.3, 0.4) is 0 Å². The van der Waals surface area contributed by atoms with Gasteiger partial charge in [-0.15, -0.1) is 5.10 Å². The first-order chi connectivity index (χ1) is 14.3. The topological polar surface area (TPSA) is 94.5 Å². The molecule has 1 aromatic rings. The minimum atomic E-state index is -1.34. The summed E-state index contributed by atoms with van der Waals surface area (Å²) in [5.74, 6) is -0.889. The Bertz CT molecular complexity index is 930. The van der Waals surface area contributed by atoms with E-state index < -0.39 is 4.87 Å². The number of fused-ring (bicyclic) bond motifs is 2. The number of amidine groups is 1. The van der Waals surface area contributed by atoms with Gasteiger partial charge >= 0.3 is 0 Å². The molecular formula is C20H25N5O4S. The van der Waals surface area contributed by atoms with E-state index >= 15 is 0 Å².